The molecule has 1 atom stereocenters. The molecule has 1 N–H and O–H groups in total. The predicted octanol–water partition coefficient (Wildman–Crippen LogP) is 2.83. The second-order valence-corrected chi connectivity index (χ2v) is 4.48. The molecule has 0 spiro atoms. The highest BCUT2D eigenvalue weighted by Crippen LogP contribution is 2.23. The average Bonchev–Trinajstić information content (AvgIpc) is 2.96. The van der Waals surface area contributed by atoms with Gasteiger partial charge in [0.1, 0.15) is 11.6 Å². The first kappa shape index (κ1) is 12.0. The number of hydrogen-bond acceptors (Lipinski definition) is 4. The Morgan fingerprint density at radius 3 is 2.63 bits per heavy atom. The van der Waals surface area contributed by atoms with Gasteiger partial charge in [-0.25, -0.2) is 9.37 Å². The van der Waals surface area contributed by atoms with E-state index in [2.05, 4.69) is 15.3 Å². The molecule has 4 nitrogen and oxygen atoms in total. The highest BCUT2D eigenvalue weighted by atomic mass is 19.1. The third-order valence-corrected chi connectivity index (χ3v) is 3.10. The minimum Gasteiger partial charge on any atom is -0.438 e. The van der Waals surface area contributed by atoms with Crippen LogP contribution in [0.3, 0.4) is 0 Å². The Hall–Kier alpha value is -2.01. The van der Waals surface area contributed by atoms with Gasteiger partial charge >= 0.3 is 0 Å². The SMILES string of the molecule is Fc1ccc(Oc2cnc(C3CCCN3)cn2)cc1. The van der Waals surface area contributed by atoms with Gasteiger partial charge in [-0.15, -0.1) is 0 Å². The first-order valence-corrected chi connectivity index (χ1v) is 6.30. The van der Waals surface area contributed by atoms with Crippen molar-refractivity contribution >= 4 is 0 Å². The van der Waals surface area contributed by atoms with Crippen molar-refractivity contribution in [2.75, 3.05) is 6.54 Å². The van der Waals surface area contributed by atoms with Gasteiger partial charge < -0.3 is 10.1 Å². The molecule has 1 aliphatic heterocycles. The van der Waals surface area contributed by atoms with Crippen molar-refractivity contribution in [2.24, 2.45) is 0 Å². The van der Waals surface area contributed by atoms with Gasteiger partial charge in [-0.05, 0) is 43.7 Å². The van der Waals surface area contributed by atoms with Crippen LogP contribution in [0.2, 0.25) is 0 Å². The zero-order chi connectivity index (χ0) is 13.1. The number of nitrogens with one attached hydrogen (secondary N) is 1. The molecule has 19 heavy (non-hydrogen) atoms. The highest BCUT2D eigenvalue weighted by molar-refractivity contribution is 5.26. The van der Waals surface area contributed by atoms with E-state index in [4.69, 9.17) is 4.74 Å². The van der Waals surface area contributed by atoms with Crippen LogP contribution in [-0.2, 0) is 0 Å². The number of halogens is 1. The molecule has 0 radical (unpaired) electrons. The van der Waals surface area contributed by atoms with E-state index in [1.54, 1.807) is 24.5 Å². The molecule has 0 bridgehead atoms. The van der Waals surface area contributed by atoms with Crippen LogP contribution in [0.15, 0.2) is 36.7 Å². The summed E-state index contributed by atoms with van der Waals surface area (Å²) in [7, 11) is 0. The third kappa shape index (κ3) is 2.88. The summed E-state index contributed by atoms with van der Waals surface area (Å²) in [6.07, 6.45) is 5.58. The molecule has 0 aliphatic carbocycles. The quantitative estimate of drug-likeness (QED) is 0.920. The van der Waals surface area contributed by atoms with Crippen LogP contribution in [0, 0.1) is 5.82 Å². The molecule has 1 unspecified atom stereocenters. The van der Waals surface area contributed by atoms with Crippen LogP contribution in [0.5, 0.6) is 11.6 Å². The Bertz CT molecular complexity index is 536. The molecule has 98 valence electrons. The van der Waals surface area contributed by atoms with Crippen molar-refractivity contribution in [1.82, 2.24) is 15.3 Å². The number of ether oxygens (including phenoxy) is 1. The second kappa shape index (κ2) is 5.32. The minimum absolute atomic E-state index is 0.291. The zero-order valence-electron chi connectivity index (χ0n) is 10.3. The number of nitrogens with zero attached hydrogens (tertiary/aromatic N) is 2. The van der Waals surface area contributed by atoms with E-state index in [1.165, 1.54) is 18.6 Å². The standard InChI is InChI=1S/C14H14FN3O/c15-10-3-5-11(6-4-10)19-14-9-17-13(8-18-14)12-2-1-7-16-12/h3-6,8-9,12,16H,1-2,7H2. The van der Waals surface area contributed by atoms with Gasteiger partial charge in [0.25, 0.3) is 0 Å². The van der Waals surface area contributed by atoms with Gasteiger partial charge in [0, 0.05) is 0 Å². The molecule has 0 amide bonds. The van der Waals surface area contributed by atoms with Gasteiger partial charge in [-0.3, -0.25) is 4.98 Å². The molecule has 1 saturated heterocycles. The van der Waals surface area contributed by atoms with E-state index < -0.39 is 0 Å². The lowest BCUT2D eigenvalue weighted by atomic mass is 10.2. The van der Waals surface area contributed by atoms with Crippen molar-refractivity contribution in [1.29, 1.82) is 0 Å². The molecule has 3 rings (SSSR count). The van der Waals surface area contributed by atoms with E-state index in [0.717, 1.165) is 18.7 Å². The van der Waals surface area contributed by atoms with Crippen LogP contribution < -0.4 is 10.1 Å². The van der Waals surface area contributed by atoms with Gasteiger partial charge in [0.05, 0.1) is 24.1 Å². The highest BCUT2D eigenvalue weighted by Gasteiger charge is 2.17. The lowest BCUT2D eigenvalue weighted by molar-refractivity contribution is 0.456. The smallest absolute Gasteiger partial charge is 0.237 e. The van der Waals surface area contributed by atoms with Crippen molar-refractivity contribution in [3.63, 3.8) is 0 Å². The molecule has 1 aromatic heterocycles. The van der Waals surface area contributed by atoms with Crippen molar-refractivity contribution < 1.29 is 9.13 Å². The molecule has 1 aromatic carbocycles. The summed E-state index contributed by atoms with van der Waals surface area (Å²) < 4.78 is 18.3. The van der Waals surface area contributed by atoms with E-state index in [0.29, 0.717) is 17.7 Å². The van der Waals surface area contributed by atoms with E-state index >= 15 is 0 Å². The maximum atomic E-state index is 12.8. The van der Waals surface area contributed by atoms with Gasteiger partial charge in [0.15, 0.2) is 0 Å². The Kier molecular flexibility index (Phi) is 3.37. The van der Waals surface area contributed by atoms with Crippen LogP contribution >= 0.6 is 0 Å². The Morgan fingerprint density at radius 2 is 2.00 bits per heavy atom. The Labute approximate surface area is 110 Å². The molecule has 5 heteroatoms. The summed E-state index contributed by atoms with van der Waals surface area (Å²) in [6.45, 7) is 1.03. The molecule has 0 saturated carbocycles. The van der Waals surface area contributed by atoms with Gasteiger partial charge in [0.2, 0.25) is 5.88 Å². The van der Waals surface area contributed by atoms with E-state index in [9.17, 15) is 4.39 Å². The number of benzene rings is 1. The first-order chi connectivity index (χ1) is 9.31. The van der Waals surface area contributed by atoms with Crippen molar-refractivity contribution in [3.8, 4) is 11.6 Å². The third-order valence-electron chi connectivity index (χ3n) is 3.10. The normalized spacial score (nSPS) is 18.5. The summed E-state index contributed by atoms with van der Waals surface area (Å²) in [5.41, 5.74) is 0.934. The Morgan fingerprint density at radius 1 is 1.16 bits per heavy atom. The largest absolute Gasteiger partial charge is 0.438 e. The first-order valence-electron chi connectivity index (χ1n) is 6.30. The lowest BCUT2D eigenvalue weighted by Gasteiger charge is -2.09. The fraction of sp³-hybridized carbons (Fsp3) is 0.286. The predicted molar refractivity (Wildman–Crippen MR) is 68.5 cm³/mol. The second-order valence-electron chi connectivity index (χ2n) is 4.48. The summed E-state index contributed by atoms with van der Waals surface area (Å²) in [4.78, 5) is 8.57. The van der Waals surface area contributed by atoms with Gasteiger partial charge in [-0.1, -0.05) is 0 Å². The van der Waals surface area contributed by atoms with Crippen LogP contribution in [-0.4, -0.2) is 16.5 Å². The monoisotopic (exact) mass is 259 g/mol. The molecular weight excluding hydrogens is 245 g/mol. The summed E-state index contributed by atoms with van der Waals surface area (Å²) in [5.74, 6) is 0.664. The van der Waals surface area contributed by atoms with Crippen molar-refractivity contribution in [3.05, 3.63) is 48.2 Å². The lowest BCUT2D eigenvalue weighted by Crippen LogP contribution is -2.14. The fourth-order valence-corrected chi connectivity index (χ4v) is 2.12. The number of aromatic nitrogens is 2. The summed E-state index contributed by atoms with van der Waals surface area (Å²) >= 11 is 0. The molecule has 1 fully saturated rings. The minimum atomic E-state index is -0.291. The number of rotatable bonds is 3. The van der Waals surface area contributed by atoms with E-state index in [-0.39, 0.29) is 5.82 Å². The zero-order valence-corrected chi connectivity index (χ0v) is 10.3. The maximum absolute atomic E-state index is 12.8. The summed E-state index contributed by atoms with van der Waals surface area (Å²) in [6, 6.07) is 6.11. The van der Waals surface area contributed by atoms with Gasteiger partial charge in [-0.2, -0.15) is 0 Å². The van der Waals surface area contributed by atoms with Crippen LogP contribution in [0.1, 0.15) is 24.6 Å². The van der Waals surface area contributed by atoms with E-state index in [1.807, 2.05) is 0 Å². The fourth-order valence-electron chi connectivity index (χ4n) is 2.12. The van der Waals surface area contributed by atoms with Crippen LogP contribution in [0.4, 0.5) is 4.39 Å². The Balaban J connectivity index is 1.70. The maximum Gasteiger partial charge on any atom is 0.237 e. The topological polar surface area (TPSA) is 47.0 Å². The van der Waals surface area contributed by atoms with Crippen molar-refractivity contribution in [2.45, 2.75) is 18.9 Å². The van der Waals surface area contributed by atoms with Crippen LogP contribution in [0.25, 0.3) is 0 Å². The molecule has 2 heterocycles. The average molecular weight is 259 g/mol. The molecule has 1 aliphatic rings. The summed E-state index contributed by atoms with van der Waals surface area (Å²) in [5, 5.41) is 3.36. The molecular formula is C14H14FN3O. The number of hydrogen-bond donors (Lipinski definition) is 1. The molecule has 2 aromatic rings.